The number of nitrogens with zero attached hydrogens (tertiary/aromatic N) is 1. The van der Waals surface area contributed by atoms with E-state index in [0.717, 1.165) is 24.1 Å². The smallest absolute Gasteiger partial charge is 0.261 e. The normalized spacial score (nSPS) is 13.9. The van der Waals surface area contributed by atoms with Gasteiger partial charge in [-0.1, -0.05) is 12.1 Å². The van der Waals surface area contributed by atoms with Crippen LogP contribution < -0.4 is 19.7 Å². The Morgan fingerprint density at radius 3 is 2.43 bits per heavy atom. The Balaban J connectivity index is 1.37. The summed E-state index contributed by atoms with van der Waals surface area (Å²) in [5, 5.41) is 2.85. The van der Waals surface area contributed by atoms with E-state index in [9.17, 15) is 18.0 Å². The third-order valence-corrected chi connectivity index (χ3v) is 7.16. The van der Waals surface area contributed by atoms with Crippen molar-refractivity contribution in [1.29, 1.82) is 0 Å². The molecule has 0 atom stereocenters. The average molecular weight is 494 g/mol. The van der Waals surface area contributed by atoms with Crippen molar-refractivity contribution in [1.82, 2.24) is 5.32 Å². The minimum atomic E-state index is -3.81. The maximum atomic E-state index is 12.7. The van der Waals surface area contributed by atoms with E-state index < -0.39 is 10.0 Å². The highest BCUT2D eigenvalue weighted by Crippen LogP contribution is 2.22. The number of amides is 2. The minimum Gasteiger partial charge on any atom is -0.497 e. The molecule has 0 unspecified atom stereocenters. The third-order valence-electron chi connectivity index (χ3n) is 5.77. The fraction of sp³-hybridized carbons (Fsp3) is 0.231. The molecule has 0 aromatic heterocycles. The van der Waals surface area contributed by atoms with Gasteiger partial charge in [-0.3, -0.25) is 14.3 Å². The summed E-state index contributed by atoms with van der Waals surface area (Å²) in [6, 6.07) is 19.8. The van der Waals surface area contributed by atoms with E-state index >= 15 is 0 Å². The van der Waals surface area contributed by atoms with Gasteiger partial charge in [-0.15, -0.1) is 0 Å². The lowest BCUT2D eigenvalue weighted by molar-refractivity contribution is -0.119. The first kappa shape index (κ1) is 24.3. The van der Waals surface area contributed by atoms with E-state index in [1.165, 1.54) is 31.4 Å². The van der Waals surface area contributed by atoms with Crippen LogP contribution in [0.3, 0.4) is 0 Å². The fourth-order valence-corrected chi connectivity index (χ4v) is 4.91. The number of methoxy groups -OCH3 is 1. The molecule has 0 saturated carbocycles. The van der Waals surface area contributed by atoms with Gasteiger partial charge in [-0.25, -0.2) is 8.42 Å². The van der Waals surface area contributed by atoms with Crippen LogP contribution in [-0.4, -0.2) is 33.9 Å². The molecule has 2 N–H and O–H groups in total. The van der Waals surface area contributed by atoms with Crippen LogP contribution in [0.4, 0.5) is 11.4 Å². The van der Waals surface area contributed by atoms with Crippen LogP contribution >= 0.6 is 0 Å². The monoisotopic (exact) mass is 493 g/mol. The Labute approximate surface area is 205 Å². The second kappa shape index (κ2) is 10.6. The van der Waals surface area contributed by atoms with Crippen LogP contribution in [0.25, 0.3) is 0 Å². The Morgan fingerprint density at radius 1 is 1.00 bits per heavy atom. The Kier molecular flexibility index (Phi) is 7.36. The molecule has 2 amide bonds. The summed E-state index contributed by atoms with van der Waals surface area (Å²) in [5.41, 5.74) is 2.45. The summed E-state index contributed by atoms with van der Waals surface area (Å²) >= 11 is 0. The molecule has 1 aliphatic heterocycles. The van der Waals surface area contributed by atoms with Gasteiger partial charge in [-0.05, 0) is 79.1 Å². The van der Waals surface area contributed by atoms with Crippen LogP contribution in [0.5, 0.6) is 5.75 Å². The average Bonchev–Trinajstić information content (AvgIpc) is 2.88. The second-order valence-electron chi connectivity index (χ2n) is 8.21. The molecule has 0 radical (unpaired) electrons. The van der Waals surface area contributed by atoms with E-state index in [2.05, 4.69) is 10.0 Å². The number of benzene rings is 3. The van der Waals surface area contributed by atoms with Gasteiger partial charge in [0, 0.05) is 36.4 Å². The number of anilines is 2. The van der Waals surface area contributed by atoms with E-state index in [4.69, 9.17) is 4.74 Å². The van der Waals surface area contributed by atoms with Gasteiger partial charge in [0.05, 0.1) is 12.0 Å². The number of carbonyl (C=O) groups excluding carboxylic acids is 2. The topological polar surface area (TPSA) is 105 Å². The highest BCUT2D eigenvalue weighted by Gasteiger charge is 2.20. The lowest BCUT2D eigenvalue weighted by Crippen LogP contribution is -2.35. The summed E-state index contributed by atoms with van der Waals surface area (Å²) in [6.07, 6.45) is 2.46. The van der Waals surface area contributed by atoms with Gasteiger partial charge in [0.2, 0.25) is 5.91 Å². The number of hydrogen-bond acceptors (Lipinski definition) is 5. The predicted octanol–water partition coefficient (Wildman–Crippen LogP) is 3.94. The van der Waals surface area contributed by atoms with Crippen molar-refractivity contribution in [2.24, 2.45) is 0 Å². The van der Waals surface area contributed by atoms with Gasteiger partial charge in [0.1, 0.15) is 5.75 Å². The first-order valence-electron chi connectivity index (χ1n) is 11.3. The summed E-state index contributed by atoms with van der Waals surface area (Å²) in [4.78, 5) is 26.6. The van der Waals surface area contributed by atoms with Gasteiger partial charge >= 0.3 is 0 Å². The molecule has 8 nitrogen and oxygen atoms in total. The summed E-state index contributed by atoms with van der Waals surface area (Å²) in [7, 11) is -2.27. The van der Waals surface area contributed by atoms with Crippen LogP contribution in [-0.2, 0) is 21.4 Å². The molecular weight excluding hydrogens is 466 g/mol. The molecule has 0 bridgehead atoms. The molecule has 0 aliphatic carbocycles. The Hall–Kier alpha value is -3.85. The molecule has 182 valence electrons. The predicted molar refractivity (Wildman–Crippen MR) is 134 cm³/mol. The van der Waals surface area contributed by atoms with Crippen molar-refractivity contribution in [3.63, 3.8) is 0 Å². The standard InChI is InChI=1S/C26H27N3O5S/c1-34-23-12-10-21(11-13-23)28-35(32,33)24-14-8-20(9-15-24)26(31)27-18-19-5-4-6-22(17-19)29-16-3-2-7-25(29)30/h4-6,8-15,17,28H,2-3,7,16,18H2,1H3,(H,27,31). The minimum absolute atomic E-state index is 0.0452. The summed E-state index contributed by atoms with van der Waals surface area (Å²) in [6.45, 7) is 0.991. The molecule has 1 heterocycles. The van der Waals surface area contributed by atoms with E-state index in [0.29, 0.717) is 30.0 Å². The molecular formula is C26H27N3O5S. The van der Waals surface area contributed by atoms with Gasteiger partial charge in [0.25, 0.3) is 15.9 Å². The number of hydrogen-bond donors (Lipinski definition) is 2. The Morgan fingerprint density at radius 2 is 1.74 bits per heavy atom. The molecule has 1 saturated heterocycles. The highest BCUT2D eigenvalue weighted by atomic mass is 32.2. The third kappa shape index (κ3) is 5.99. The van der Waals surface area contributed by atoms with E-state index in [1.807, 2.05) is 24.3 Å². The van der Waals surface area contributed by atoms with Crippen molar-refractivity contribution in [3.05, 3.63) is 83.9 Å². The molecule has 1 fully saturated rings. The second-order valence-corrected chi connectivity index (χ2v) is 9.90. The van der Waals surface area contributed by atoms with Crippen molar-refractivity contribution in [3.8, 4) is 5.75 Å². The van der Waals surface area contributed by atoms with E-state index in [1.54, 1.807) is 29.2 Å². The number of ether oxygens (including phenoxy) is 1. The zero-order valence-electron chi connectivity index (χ0n) is 19.4. The van der Waals surface area contributed by atoms with Crippen LogP contribution in [0.2, 0.25) is 0 Å². The molecule has 1 aliphatic rings. The maximum Gasteiger partial charge on any atom is 0.261 e. The largest absolute Gasteiger partial charge is 0.497 e. The zero-order valence-corrected chi connectivity index (χ0v) is 20.2. The van der Waals surface area contributed by atoms with Crippen LogP contribution in [0.1, 0.15) is 35.2 Å². The lowest BCUT2D eigenvalue weighted by atomic mass is 10.1. The number of rotatable bonds is 8. The van der Waals surface area contributed by atoms with Crippen molar-refractivity contribution >= 4 is 33.2 Å². The van der Waals surface area contributed by atoms with E-state index in [-0.39, 0.29) is 23.3 Å². The lowest BCUT2D eigenvalue weighted by Gasteiger charge is -2.27. The molecule has 3 aromatic carbocycles. The van der Waals surface area contributed by atoms with Crippen molar-refractivity contribution < 1.29 is 22.7 Å². The molecule has 3 aromatic rings. The van der Waals surface area contributed by atoms with Gasteiger partial charge in [0.15, 0.2) is 0 Å². The molecule has 0 spiro atoms. The zero-order chi connectivity index (χ0) is 24.8. The summed E-state index contributed by atoms with van der Waals surface area (Å²) < 4.78 is 32.9. The fourth-order valence-electron chi connectivity index (χ4n) is 3.86. The quantitative estimate of drug-likeness (QED) is 0.495. The maximum absolute atomic E-state index is 12.7. The van der Waals surface area contributed by atoms with Crippen molar-refractivity contribution in [2.75, 3.05) is 23.3 Å². The number of piperidine rings is 1. The molecule has 35 heavy (non-hydrogen) atoms. The SMILES string of the molecule is COc1ccc(NS(=O)(=O)c2ccc(C(=O)NCc3cccc(N4CCCCC4=O)c3)cc2)cc1. The number of sulfonamides is 1. The number of carbonyl (C=O) groups is 2. The molecule has 4 rings (SSSR count). The van der Waals surface area contributed by atoms with Crippen molar-refractivity contribution in [2.45, 2.75) is 30.7 Å². The van der Waals surface area contributed by atoms with Gasteiger partial charge in [-0.2, -0.15) is 0 Å². The number of nitrogens with one attached hydrogen (secondary N) is 2. The first-order chi connectivity index (χ1) is 16.9. The molecule has 9 heteroatoms. The van der Waals surface area contributed by atoms with Crippen LogP contribution in [0.15, 0.2) is 77.7 Å². The summed E-state index contributed by atoms with van der Waals surface area (Å²) in [5.74, 6) is 0.417. The highest BCUT2D eigenvalue weighted by molar-refractivity contribution is 7.92. The Bertz CT molecular complexity index is 1310. The van der Waals surface area contributed by atoms with Gasteiger partial charge < -0.3 is 15.0 Å². The first-order valence-corrected chi connectivity index (χ1v) is 12.8. The van der Waals surface area contributed by atoms with Crippen LogP contribution in [0, 0.1) is 0 Å².